The molecule has 2 aromatic carbocycles. The Morgan fingerprint density at radius 1 is 1.12 bits per heavy atom. The minimum atomic E-state index is 0.277. The summed E-state index contributed by atoms with van der Waals surface area (Å²) in [5.41, 5.74) is 2.26. The summed E-state index contributed by atoms with van der Waals surface area (Å²) in [7, 11) is 0. The van der Waals surface area contributed by atoms with E-state index in [0.29, 0.717) is 11.0 Å². The first kappa shape index (κ1) is 16.6. The van der Waals surface area contributed by atoms with E-state index in [1.165, 1.54) is 5.56 Å². The highest BCUT2D eigenvalue weighted by molar-refractivity contribution is 7.80. The summed E-state index contributed by atoms with van der Waals surface area (Å²) in [6, 6.07) is 16.3. The Bertz CT molecular complexity index is 691. The number of hydrogen-bond acceptors (Lipinski definition) is 3. The maximum Gasteiger partial charge on any atom is 0.231 e. The number of anilines is 1. The minimum Gasteiger partial charge on any atom is -0.454 e. The minimum absolute atomic E-state index is 0.277. The van der Waals surface area contributed by atoms with Gasteiger partial charge in [-0.2, -0.15) is 0 Å². The van der Waals surface area contributed by atoms with Gasteiger partial charge in [0, 0.05) is 18.3 Å². The summed E-state index contributed by atoms with van der Waals surface area (Å²) in [6.45, 7) is 3.34. The molecule has 1 atom stereocenters. The molecule has 2 aromatic rings. The van der Waals surface area contributed by atoms with Crippen molar-refractivity contribution in [1.29, 1.82) is 0 Å². The normalized spacial score (nSPS) is 13.4. The molecule has 0 aromatic heterocycles. The Hall–Kier alpha value is -2.27. The van der Waals surface area contributed by atoms with E-state index >= 15 is 0 Å². The lowest BCUT2D eigenvalue weighted by Crippen LogP contribution is -2.33. The van der Waals surface area contributed by atoms with Gasteiger partial charge in [-0.25, -0.2) is 0 Å². The molecule has 0 fully saturated rings. The maximum atomic E-state index is 5.40. The van der Waals surface area contributed by atoms with Crippen LogP contribution in [-0.4, -0.2) is 18.5 Å². The van der Waals surface area contributed by atoms with Crippen molar-refractivity contribution in [2.24, 2.45) is 5.92 Å². The van der Waals surface area contributed by atoms with Crippen molar-refractivity contribution in [3.8, 4) is 11.5 Å². The molecule has 2 N–H and O–H groups in total. The summed E-state index contributed by atoms with van der Waals surface area (Å²) in [4.78, 5) is 0. The average Bonchev–Trinajstić information content (AvgIpc) is 3.07. The highest BCUT2D eigenvalue weighted by Crippen LogP contribution is 2.34. The van der Waals surface area contributed by atoms with E-state index < -0.39 is 0 Å². The molecule has 0 spiro atoms. The Balaban J connectivity index is 1.49. The van der Waals surface area contributed by atoms with Crippen molar-refractivity contribution in [2.75, 3.05) is 18.7 Å². The van der Waals surface area contributed by atoms with Gasteiger partial charge in [0.1, 0.15) is 0 Å². The smallest absolute Gasteiger partial charge is 0.231 e. The van der Waals surface area contributed by atoms with Crippen LogP contribution in [-0.2, 0) is 6.42 Å². The number of thiocarbonyl (C=S) groups is 1. The lowest BCUT2D eigenvalue weighted by atomic mass is 9.97. The zero-order valence-electron chi connectivity index (χ0n) is 13.7. The first-order valence-electron chi connectivity index (χ1n) is 8.23. The number of fused-ring (bicyclic) bond motifs is 1. The Morgan fingerprint density at radius 2 is 1.92 bits per heavy atom. The Labute approximate surface area is 148 Å². The van der Waals surface area contributed by atoms with E-state index in [9.17, 15) is 0 Å². The molecule has 0 bridgehead atoms. The van der Waals surface area contributed by atoms with Gasteiger partial charge in [0.25, 0.3) is 0 Å². The van der Waals surface area contributed by atoms with Crippen molar-refractivity contribution in [2.45, 2.75) is 19.8 Å². The fourth-order valence-corrected chi connectivity index (χ4v) is 2.90. The van der Waals surface area contributed by atoms with Crippen molar-refractivity contribution in [3.63, 3.8) is 0 Å². The van der Waals surface area contributed by atoms with E-state index in [1.807, 2.05) is 24.3 Å². The van der Waals surface area contributed by atoms with Gasteiger partial charge < -0.3 is 20.1 Å². The van der Waals surface area contributed by atoms with Crippen molar-refractivity contribution in [3.05, 3.63) is 54.1 Å². The molecule has 0 unspecified atom stereocenters. The largest absolute Gasteiger partial charge is 0.454 e. The van der Waals surface area contributed by atoms with Crippen LogP contribution in [0.2, 0.25) is 0 Å². The number of ether oxygens (including phenoxy) is 2. The first-order valence-corrected chi connectivity index (χ1v) is 8.64. The number of hydrogen-bond donors (Lipinski definition) is 2. The number of benzene rings is 2. The van der Waals surface area contributed by atoms with E-state index in [1.54, 1.807) is 0 Å². The van der Waals surface area contributed by atoms with Crippen LogP contribution < -0.4 is 20.1 Å². The van der Waals surface area contributed by atoms with Crippen LogP contribution in [0.25, 0.3) is 0 Å². The van der Waals surface area contributed by atoms with Crippen LogP contribution in [0.3, 0.4) is 0 Å². The zero-order valence-corrected chi connectivity index (χ0v) is 14.6. The van der Waals surface area contributed by atoms with Crippen LogP contribution in [0.15, 0.2) is 48.5 Å². The Kier molecular flexibility index (Phi) is 5.54. The molecular formula is C19H22N2O2S. The molecule has 0 saturated carbocycles. The van der Waals surface area contributed by atoms with Gasteiger partial charge in [0.05, 0.1) is 0 Å². The maximum absolute atomic E-state index is 5.40. The predicted molar refractivity (Wildman–Crippen MR) is 101 cm³/mol. The van der Waals surface area contributed by atoms with Gasteiger partial charge in [0.2, 0.25) is 6.79 Å². The molecule has 4 nitrogen and oxygen atoms in total. The van der Waals surface area contributed by atoms with E-state index in [2.05, 4.69) is 41.8 Å². The summed E-state index contributed by atoms with van der Waals surface area (Å²) in [6.07, 6.45) is 2.16. The highest BCUT2D eigenvalue weighted by Gasteiger charge is 2.14. The molecule has 1 heterocycles. The molecule has 0 amide bonds. The third-order valence-electron chi connectivity index (χ3n) is 4.13. The zero-order chi connectivity index (χ0) is 16.8. The molecule has 0 saturated heterocycles. The molecule has 1 aliphatic rings. The summed E-state index contributed by atoms with van der Waals surface area (Å²) >= 11 is 5.40. The van der Waals surface area contributed by atoms with Crippen molar-refractivity contribution in [1.82, 2.24) is 5.32 Å². The van der Waals surface area contributed by atoms with Gasteiger partial charge in [-0.15, -0.1) is 0 Å². The second kappa shape index (κ2) is 8.02. The molecule has 3 rings (SSSR count). The number of rotatable bonds is 6. The van der Waals surface area contributed by atoms with E-state index in [-0.39, 0.29) is 6.79 Å². The monoisotopic (exact) mass is 342 g/mol. The molecule has 24 heavy (non-hydrogen) atoms. The number of nitrogens with one attached hydrogen (secondary N) is 2. The van der Waals surface area contributed by atoms with Crippen LogP contribution in [0.1, 0.15) is 18.9 Å². The summed E-state index contributed by atoms with van der Waals surface area (Å²) in [5, 5.41) is 7.14. The van der Waals surface area contributed by atoms with Crippen molar-refractivity contribution >= 4 is 23.0 Å². The second-order valence-corrected chi connectivity index (χ2v) is 6.28. The van der Waals surface area contributed by atoms with Gasteiger partial charge in [-0.1, -0.05) is 43.7 Å². The van der Waals surface area contributed by atoms with Gasteiger partial charge >= 0.3 is 0 Å². The summed E-state index contributed by atoms with van der Waals surface area (Å²) in [5.74, 6) is 2.07. The lowest BCUT2D eigenvalue weighted by molar-refractivity contribution is 0.174. The molecule has 1 aliphatic heterocycles. The molecule has 126 valence electrons. The summed E-state index contributed by atoms with van der Waals surface area (Å²) < 4.78 is 10.7. The first-order chi connectivity index (χ1) is 11.7. The van der Waals surface area contributed by atoms with Crippen LogP contribution in [0, 0.1) is 5.92 Å². The molecule has 0 aliphatic carbocycles. The van der Waals surface area contributed by atoms with Crippen molar-refractivity contribution < 1.29 is 9.47 Å². The molecule has 0 radical (unpaired) electrons. The standard InChI is InChI=1S/C19H22N2O2S/c1-2-14(10-15-6-4-3-5-7-15)12-20-19(24)21-16-8-9-17-18(11-16)23-13-22-17/h3-9,11,14H,2,10,12-13H2,1H3,(H2,20,21,24)/t14-/m0/s1. The van der Waals surface area contributed by atoms with Crippen LogP contribution in [0.4, 0.5) is 5.69 Å². The van der Waals surface area contributed by atoms with E-state index in [4.69, 9.17) is 21.7 Å². The fourth-order valence-electron chi connectivity index (χ4n) is 2.69. The van der Waals surface area contributed by atoms with Crippen LogP contribution in [0.5, 0.6) is 11.5 Å². The fraction of sp³-hybridized carbons (Fsp3) is 0.316. The quantitative estimate of drug-likeness (QED) is 0.778. The second-order valence-electron chi connectivity index (χ2n) is 5.87. The van der Waals surface area contributed by atoms with Crippen LogP contribution >= 0.6 is 12.2 Å². The predicted octanol–water partition coefficient (Wildman–Crippen LogP) is 3.97. The third-order valence-corrected chi connectivity index (χ3v) is 4.37. The SMILES string of the molecule is CC[C@H](CNC(=S)Nc1ccc2c(c1)OCO2)Cc1ccccc1. The van der Waals surface area contributed by atoms with Gasteiger partial charge in [-0.05, 0) is 42.3 Å². The average molecular weight is 342 g/mol. The Morgan fingerprint density at radius 3 is 2.71 bits per heavy atom. The van der Waals surface area contributed by atoms with Gasteiger partial charge in [-0.3, -0.25) is 0 Å². The molecular weight excluding hydrogens is 320 g/mol. The van der Waals surface area contributed by atoms with Gasteiger partial charge in [0.15, 0.2) is 16.6 Å². The highest BCUT2D eigenvalue weighted by atomic mass is 32.1. The molecule has 5 heteroatoms. The topological polar surface area (TPSA) is 42.5 Å². The van der Waals surface area contributed by atoms with E-state index in [0.717, 1.165) is 36.6 Å². The lowest BCUT2D eigenvalue weighted by Gasteiger charge is -2.18. The third kappa shape index (κ3) is 4.38.